The lowest BCUT2D eigenvalue weighted by atomic mass is 9.87. The summed E-state index contributed by atoms with van der Waals surface area (Å²) in [5, 5.41) is 10.5. The summed E-state index contributed by atoms with van der Waals surface area (Å²) in [4.78, 5) is 19.0. The van der Waals surface area contributed by atoms with Gasteiger partial charge in [-0.2, -0.15) is 0 Å². The van der Waals surface area contributed by atoms with Gasteiger partial charge in [0.15, 0.2) is 10.7 Å². The molecule has 7 heteroatoms. The van der Waals surface area contributed by atoms with Gasteiger partial charge in [-0.3, -0.25) is 0 Å². The standard InChI is InChI=1S/C16H16ClFN2O2S/c17-12-10(18)5-6-11-13(12)23-15-19-16(14(21)22,8-20(11)15)7-9-3-1-2-4-9/h5-6,9H,1-4,7-8H2,(H,21,22). The number of carboxylic acids is 1. The predicted octanol–water partition coefficient (Wildman–Crippen LogP) is 4.16. The Bertz CT molecular complexity index is 720. The van der Waals surface area contributed by atoms with Crippen molar-refractivity contribution in [3.63, 3.8) is 0 Å². The summed E-state index contributed by atoms with van der Waals surface area (Å²) >= 11 is 7.29. The van der Waals surface area contributed by atoms with Crippen molar-refractivity contribution in [2.75, 3.05) is 11.4 Å². The van der Waals surface area contributed by atoms with Gasteiger partial charge in [0.1, 0.15) is 5.82 Å². The zero-order chi connectivity index (χ0) is 16.2. The lowest BCUT2D eigenvalue weighted by molar-refractivity contribution is -0.143. The fraction of sp³-hybridized carbons (Fsp3) is 0.500. The molecule has 1 unspecified atom stereocenters. The molecule has 0 radical (unpaired) electrons. The van der Waals surface area contributed by atoms with Crippen LogP contribution < -0.4 is 4.90 Å². The van der Waals surface area contributed by atoms with Crippen LogP contribution in [-0.4, -0.2) is 28.3 Å². The van der Waals surface area contributed by atoms with Crippen molar-refractivity contribution in [3.05, 3.63) is 23.0 Å². The second-order valence-corrected chi connectivity index (χ2v) is 7.84. The molecule has 3 aliphatic rings. The van der Waals surface area contributed by atoms with Gasteiger partial charge in [0, 0.05) is 0 Å². The summed E-state index contributed by atoms with van der Waals surface area (Å²) in [6.07, 6.45) is 5.09. The molecule has 0 spiro atoms. The highest BCUT2D eigenvalue weighted by atomic mass is 35.5. The van der Waals surface area contributed by atoms with Crippen molar-refractivity contribution >= 4 is 40.2 Å². The van der Waals surface area contributed by atoms with E-state index in [-0.39, 0.29) is 5.02 Å². The summed E-state index contributed by atoms with van der Waals surface area (Å²) in [5.74, 6) is -0.909. The third kappa shape index (κ3) is 2.34. The Morgan fingerprint density at radius 2 is 2.22 bits per heavy atom. The van der Waals surface area contributed by atoms with Crippen LogP contribution in [0.15, 0.2) is 22.0 Å². The first-order valence-corrected chi connectivity index (χ1v) is 8.96. The van der Waals surface area contributed by atoms with E-state index in [9.17, 15) is 14.3 Å². The molecule has 0 amide bonds. The quantitative estimate of drug-likeness (QED) is 0.885. The van der Waals surface area contributed by atoms with Crippen LogP contribution in [0.25, 0.3) is 0 Å². The van der Waals surface area contributed by atoms with Crippen molar-refractivity contribution in [2.24, 2.45) is 10.9 Å². The van der Waals surface area contributed by atoms with Crippen molar-refractivity contribution in [3.8, 4) is 0 Å². The van der Waals surface area contributed by atoms with E-state index in [1.165, 1.54) is 30.7 Å². The minimum absolute atomic E-state index is 0.0846. The molecule has 1 aliphatic carbocycles. The van der Waals surface area contributed by atoms with Gasteiger partial charge < -0.3 is 10.0 Å². The number of anilines is 1. The zero-order valence-corrected chi connectivity index (χ0v) is 14.0. The average Bonchev–Trinajstić information content (AvgIpc) is 3.19. The first kappa shape index (κ1) is 15.3. The van der Waals surface area contributed by atoms with Crippen LogP contribution in [0.2, 0.25) is 5.02 Å². The number of carbonyl (C=O) groups is 1. The van der Waals surface area contributed by atoms with Crippen molar-refractivity contribution in [2.45, 2.75) is 42.5 Å². The van der Waals surface area contributed by atoms with E-state index in [2.05, 4.69) is 4.99 Å². The molecule has 23 heavy (non-hydrogen) atoms. The number of carboxylic acid groups (broad SMARTS) is 1. The number of rotatable bonds is 3. The molecule has 1 aromatic rings. The number of amidine groups is 1. The third-order valence-electron chi connectivity index (χ3n) is 4.97. The Morgan fingerprint density at radius 3 is 2.91 bits per heavy atom. The first-order valence-electron chi connectivity index (χ1n) is 7.77. The highest BCUT2D eigenvalue weighted by Gasteiger charge is 2.50. The topological polar surface area (TPSA) is 52.9 Å². The predicted molar refractivity (Wildman–Crippen MR) is 89.0 cm³/mol. The maximum Gasteiger partial charge on any atom is 0.333 e. The SMILES string of the molecule is O=C(O)C1(CC2CCCC2)CN2C(=N1)Sc1c2ccc(F)c1Cl. The number of hydrogen-bond acceptors (Lipinski definition) is 4. The maximum atomic E-state index is 13.6. The first-order chi connectivity index (χ1) is 11.0. The van der Waals surface area contributed by atoms with E-state index in [1.807, 2.05) is 4.90 Å². The Kier molecular flexibility index (Phi) is 3.57. The minimum atomic E-state index is -1.09. The van der Waals surface area contributed by atoms with Crippen LogP contribution in [0.3, 0.4) is 0 Å². The number of halogens is 2. The molecule has 1 saturated carbocycles. The molecule has 0 aromatic heterocycles. The van der Waals surface area contributed by atoms with Gasteiger partial charge in [0.25, 0.3) is 0 Å². The molecule has 2 heterocycles. The van der Waals surface area contributed by atoms with E-state index in [1.54, 1.807) is 6.07 Å². The zero-order valence-electron chi connectivity index (χ0n) is 12.4. The number of fused-ring (bicyclic) bond motifs is 3. The van der Waals surface area contributed by atoms with Crippen LogP contribution >= 0.6 is 23.4 Å². The van der Waals surface area contributed by atoms with Crippen molar-refractivity contribution in [1.29, 1.82) is 0 Å². The van der Waals surface area contributed by atoms with Gasteiger partial charge in [-0.05, 0) is 36.2 Å². The average molecular weight is 355 g/mol. The Balaban J connectivity index is 1.67. The second kappa shape index (κ2) is 5.38. The summed E-state index contributed by atoms with van der Waals surface area (Å²) < 4.78 is 13.6. The smallest absolute Gasteiger partial charge is 0.333 e. The van der Waals surface area contributed by atoms with Crippen molar-refractivity contribution in [1.82, 2.24) is 0 Å². The van der Waals surface area contributed by atoms with Gasteiger partial charge in [-0.1, -0.05) is 37.3 Å². The number of thioether (sulfide) groups is 1. The van der Waals surface area contributed by atoms with Crippen LogP contribution in [0.1, 0.15) is 32.1 Å². The molecule has 4 rings (SSSR count). The molecule has 1 fully saturated rings. The van der Waals surface area contributed by atoms with Gasteiger partial charge in [-0.25, -0.2) is 14.2 Å². The number of nitrogens with zero attached hydrogens (tertiary/aromatic N) is 2. The normalized spacial score (nSPS) is 26.3. The fourth-order valence-electron chi connectivity index (χ4n) is 3.80. The molecule has 0 bridgehead atoms. The molecule has 0 saturated heterocycles. The Hall–Kier alpha value is -1.27. The second-order valence-electron chi connectivity index (χ2n) is 6.48. The van der Waals surface area contributed by atoms with E-state index < -0.39 is 17.3 Å². The number of benzene rings is 1. The van der Waals surface area contributed by atoms with Crippen LogP contribution in [0.4, 0.5) is 10.1 Å². The van der Waals surface area contributed by atoms with E-state index in [0.717, 1.165) is 18.5 Å². The number of hydrogen-bond donors (Lipinski definition) is 1. The lowest BCUT2D eigenvalue weighted by Gasteiger charge is -2.26. The van der Waals surface area contributed by atoms with Crippen LogP contribution in [0.5, 0.6) is 0 Å². The largest absolute Gasteiger partial charge is 0.479 e. The minimum Gasteiger partial charge on any atom is -0.479 e. The monoisotopic (exact) mass is 354 g/mol. The van der Waals surface area contributed by atoms with Crippen LogP contribution in [0, 0.1) is 11.7 Å². The molecule has 122 valence electrons. The molecule has 1 atom stereocenters. The molecule has 4 nitrogen and oxygen atoms in total. The molecule has 2 aliphatic heterocycles. The van der Waals surface area contributed by atoms with E-state index in [0.29, 0.717) is 28.9 Å². The summed E-state index contributed by atoms with van der Waals surface area (Å²) in [6, 6.07) is 2.97. The highest BCUT2D eigenvalue weighted by molar-refractivity contribution is 8.15. The highest BCUT2D eigenvalue weighted by Crippen LogP contribution is 2.50. The Labute approximate surface area is 142 Å². The lowest BCUT2D eigenvalue weighted by Crippen LogP contribution is -2.43. The van der Waals surface area contributed by atoms with Gasteiger partial charge in [0.05, 0.1) is 22.2 Å². The number of aliphatic carboxylic acids is 1. The van der Waals surface area contributed by atoms with Gasteiger partial charge in [-0.15, -0.1) is 0 Å². The third-order valence-corrected chi connectivity index (χ3v) is 6.57. The maximum absolute atomic E-state index is 13.6. The molecular formula is C16H16ClFN2O2S. The summed E-state index contributed by atoms with van der Waals surface area (Å²) in [6.45, 7) is 0.302. The van der Waals surface area contributed by atoms with Crippen molar-refractivity contribution < 1.29 is 14.3 Å². The van der Waals surface area contributed by atoms with Gasteiger partial charge >= 0.3 is 5.97 Å². The van der Waals surface area contributed by atoms with Crippen LogP contribution in [-0.2, 0) is 4.79 Å². The summed E-state index contributed by atoms with van der Waals surface area (Å²) in [5.41, 5.74) is -0.328. The molecule has 1 aromatic carbocycles. The Morgan fingerprint density at radius 1 is 1.48 bits per heavy atom. The summed E-state index contributed by atoms with van der Waals surface area (Å²) in [7, 11) is 0. The van der Waals surface area contributed by atoms with E-state index >= 15 is 0 Å². The molecular weight excluding hydrogens is 339 g/mol. The molecule has 1 N–H and O–H groups in total. The van der Waals surface area contributed by atoms with Gasteiger partial charge in [0.2, 0.25) is 0 Å². The fourth-order valence-corrected chi connectivity index (χ4v) is 5.22. The van der Waals surface area contributed by atoms with E-state index in [4.69, 9.17) is 11.6 Å². The number of aliphatic imine (C=N–C) groups is 1.